The van der Waals surface area contributed by atoms with E-state index in [1.807, 2.05) is 12.1 Å². The molecule has 2 aromatic rings. The summed E-state index contributed by atoms with van der Waals surface area (Å²) in [6.45, 7) is 2.27. The third-order valence-electron chi connectivity index (χ3n) is 5.43. The second-order valence-electron chi connectivity index (χ2n) is 7.17. The summed E-state index contributed by atoms with van der Waals surface area (Å²) in [5.74, 6) is 1.04. The van der Waals surface area contributed by atoms with Crippen molar-refractivity contribution < 1.29 is 4.39 Å². The van der Waals surface area contributed by atoms with Gasteiger partial charge in [-0.05, 0) is 59.0 Å². The molecule has 4 heteroatoms. The first-order valence-electron chi connectivity index (χ1n) is 9.45. The summed E-state index contributed by atoms with van der Waals surface area (Å²) in [5.41, 5.74) is 2.89. The molecule has 1 fully saturated rings. The van der Waals surface area contributed by atoms with E-state index >= 15 is 0 Å². The molecule has 0 amide bonds. The molecule has 2 nitrogen and oxygen atoms in total. The lowest BCUT2D eigenvalue weighted by Gasteiger charge is -2.29. The first kappa shape index (κ1) is 18.5. The smallest absolute Gasteiger partial charge is 0.242 e. The summed E-state index contributed by atoms with van der Waals surface area (Å²) in [7, 11) is 0. The van der Waals surface area contributed by atoms with Crippen LogP contribution in [-0.2, 0) is 0 Å². The highest BCUT2D eigenvalue weighted by molar-refractivity contribution is 9.10. The summed E-state index contributed by atoms with van der Waals surface area (Å²) in [6, 6.07) is 8.44. The van der Waals surface area contributed by atoms with Gasteiger partial charge < -0.3 is 0 Å². The Labute approximate surface area is 158 Å². The SMILES string of the molecule is CCCCC[C@H]1CC[C@H](c2ccc(-c3cnc(Br)c(F)n3)cc2)CC1. The minimum Gasteiger partial charge on any atom is -0.242 e. The molecule has 0 bridgehead atoms. The highest BCUT2D eigenvalue weighted by atomic mass is 79.9. The standard InChI is InChI=1S/C21H26BrFN2/c1-2-3-4-5-15-6-8-16(9-7-15)17-10-12-18(13-11-17)19-14-24-20(22)21(23)25-19/h10-16H,2-9H2,1H3/t15-,16-. The van der Waals surface area contributed by atoms with Crippen molar-refractivity contribution in [2.24, 2.45) is 5.92 Å². The Morgan fingerprint density at radius 1 is 1.08 bits per heavy atom. The molecule has 0 saturated heterocycles. The molecular formula is C21H26BrFN2. The van der Waals surface area contributed by atoms with Crippen molar-refractivity contribution in [1.29, 1.82) is 0 Å². The van der Waals surface area contributed by atoms with Crippen LogP contribution in [0.1, 0.15) is 69.8 Å². The molecule has 0 unspecified atom stereocenters. The van der Waals surface area contributed by atoms with E-state index in [-0.39, 0.29) is 4.60 Å². The zero-order valence-corrected chi connectivity index (χ0v) is 16.4. The highest BCUT2D eigenvalue weighted by Gasteiger charge is 2.22. The van der Waals surface area contributed by atoms with Crippen LogP contribution in [0.2, 0.25) is 0 Å². The molecule has 0 aliphatic heterocycles. The summed E-state index contributed by atoms with van der Waals surface area (Å²) in [6.07, 6.45) is 12.4. The average Bonchev–Trinajstić information content (AvgIpc) is 2.65. The number of aromatic nitrogens is 2. The van der Waals surface area contributed by atoms with E-state index in [1.165, 1.54) is 56.9 Å². The van der Waals surface area contributed by atoms with Gasteiger partial charge in [-0.25, -0.2) is 9.97 Å². The van der Waals surface area contributed by atoms with Gasteiger partial charge in [0.05, 0.1) is 11.9 Å². The summed E-state index contributed by atoms with van der Waals surface area (Å²) in [4.78, 5) is 7.94. The molecule has 0 atom stereocenters. The molecule has 3 rings (SSSR count). The number of hydrogen-bond acceptors (Lipinski definition) is 2. The number of unbranched alkanes of at least 4 members (excludes halogenated alkanes) is 2. The van der Waals surface area contributed by atoms with E-state index < -0.39 is 5.95 Å². The van der Waals surface area contributed by atoms with E-state index in [9.17, 15) is 4.39 Å². The number of halogens is 2. The largest absolute Gasteiger partial charge is 0.246 e. The van der Waals surface area contributed by atoms with Gasteiger partial charge in [0, 0.05) is 5.56 Å². The Morgan fingerprint density at radius 2 is 1.80 bits per heavy atom. The van der Waals surface area contributed by atoms with Gasteiger partial charge in [-0.3, -0.25) is 0 Å². The number of hydrogen-bond donors (Lipinski definition) is 0. The van der Waals surface area contributed by atoms with Gasteiger partial charge in [-0.15, -0.1) is 0 Å². The molecule has 1 heterocycles. The summed E-state index contributed by atoms with van der Waals surface area (Å²) in [5, 5.41) is 0. The predicted molar refractivity (Wildman–Crippen MR) is 104 cm³/mol. The predicted octanol–water partition coefficient (Wildman–Crippen LogP) is 6.90. The molecule has 1 saturated carbocycles. The minimum atomic E-state index is -0.567. The fourth-order valence-corrected chi connectivity index (χ4v) is 4.08. The van der Waals surface area contributed by atoms with Crippen molar-refractivity contribution in [2.45, 2.75) is 64.2 Å². The highest BCUT2D eigenvalue weighted by Crippen LogP contribution is 2.38. The molecule has 0 spiro atoms. The van der Waals surface area contributed by atoms with Crippen molar-refractivity contribution in [3.8, 4) is 11.3 Å². The molecule has 1 aliphatic rings. The van der Waals surface area contributed by atoms with E-state index in [0.717, 1.165) is 11.5 Å². The lowest BCUT2D eigenvalue weighted by molar-refractivity contribution is 0.303. The van der Waals surface area contributed by atoms with E-state index in [1.54, 1.807) is 6.20 Å². The van der Waals surface area contributed by atoms with Crippen LogP contribution in [-0.4, -0.2) is 9.97 Å². The van der Waals surface area contributed by atoms with Crippen molar-refractivity contribution in [2.75, 3.05) is 0 Å². The molecule has 134 valence electrons. The molecular weight excluding hydrogens is 379 g/mol. The normalized spacial score (nSPS) is 20.6. The number of rotatable bonds is 6. The Balaban J connectivity index is 1.59. The Morgan fingerprint density at radius 3 is 2.44 bits per heavy atom. The van der Waals surface area contributed by atoms with Crippen LogP contribution >= 0.6 is 15.9 Å². The van der Waals surface area contributed by atoms with E-state index in [2.05, 4.69) is 45.0 Å². The average molecular weight is 405 g/mol. The van der Waals surface area contributed by atoms with Crippen LogP contribution in [0.15, 0.2) is 35.1 Å². The lowest BCUT2D eigenvalue weighted by atomic mass is 9.77. The molecule has 0 N–H and O–H groups in total. The monoisotopic (exact) mass is 404 g/mol. The van der Waals surface area contributed by atoms with Crippen LogP contribution in [0.4, 0.5) is 4.39 Å². The second-order valence-corrected chi connectivity index (χ2v) is 7.92. The zero-order chi connectivity index (χ0) is 17.6. The fraction of sp³-hybridized carbons (Fsp3) is 0.524. The third kappa shape index (κ3) is 4.87. The first-order valence-corrected chi connectivity index (χ1v) is 10.2. The third-order valence-corrected chi connectivity index (χ3v) is 5.96. The second kappa shape index (κ2) is 8.88. The Hall–Kier alpha value is -1.29. The van der Waals surface area contributed by atoms with Crippen LogP contribution < -0.4 is 0 Å². The van der Waals surface area contributed by atoms with Crippen molar-refractivity contribution in [1.82, 2.24) is 9.97 Å². The molecule has 1 aliphatic carbocycles. The molecule has 1 aromatic carbocycles. The van der Waals surface area contributed by atoms with E-state index in [4.69, 9.17) is 0 Å². The summed E-state index contributed by atoms with van der Waals surface area (Å²) < 4.78 is 13.7. The van der Waals surface area contributed by atoms with E-state index in [0.29, 0.717) is 11.6 Å². The van der Waals surface area contributed by atoms with Gasteiger partial charge >= 0.3 is 0 Å². The van der Waals surface area contributed by atoms with Crippen LogP contribution in [0.25, 0.3) is 11.3 Å². The maximum atomic E-state index is 13.6. The van der Waals surface area contributed by atoms with Crippen molar-refractivity contribution in [3.63, 3.8) is 0 Å². The number of benzene rings is 1. The van der Waals surface area contributed by atoms with Crippen LogP contribution in [0.3, 0.4) is 0 Å². The van der Waals surface area contributed by atoms with Gasteiger partial charge in [-0.1, -0.05) is 56.9 Å². The van der Waals surface area contributed by atoms with Gasteiger partial charge in [0.15, 0.2) is 4.60 Å². The maximum absolute atomic E-state index is 13.6. The Kier molecular flexibility index (Phi) is 6.57. The van der Waals surface area contributed by atoms with Gasteiger partial charge in [0.1, 0.15) is 0 Å². The van der Waals surface area contributed by atoms with Crippen LogP contribution in [0, 0.1) is 11.9 Å². The van der Waals surface area contributed by atoms with Gasteiger partial charge in [0.2, 0.25) is 5.95 Å². The van der Waals surface area contributed by atoms with Gasteiger partial charge in [0.25, 0.3) is 0 Å². The first-order chi connectivity index (χ1) is 12.2. The fourth-order valence-electron chi connectivity index (χ4n) is 3.88. The summed E-state index contributed by atoms with van der Waals surface area (Å²) >= 11 is 3.04. The molecule has 0 radical (unpaired) electrons. The Bertz CT molecular complexity index is 679. The molecule has 25 heavy (non-hydrogen) atoms. The zero-order valence-electron chi connectivity index (χ0n) is 14.8. The van der Waals surface area contributed by atoms with Crippen molar-refractivity contribution >= 4 is 15.9 Å². The van der Waals surface area contributed by atoms with Crippen molar-refractivity contribution in [3.05, 3.63) is 46.6 Å². The van der Waals surface area contributed by atoms with Crippen LogP contribution in [0.5, 0.6) is 0 Å². The maximum Gasteiger partial charge on any atom is 0.246 e. The number of nitrogens with zero attached hydrogens (tertiary/aromatic N) is 2. The molecule has 1 aromatic heterocycles. The van der Waals surface area contributed by atoms with Gasteiger partial charge in [-0.2, -0.15) is 4.39 Å². The quantitative estimate of drug-likeness (QED) is 0.489. The lowest BCUT2D eigenvalue weighted by Crippen LogP contribution is -2.13. The minimum absolute atomic E-state index is 0.156. The topological polar surface area (TPSA) is 25.8 Å².